The molecule has 3 heteroatoms. The van der Waals surface area contributed by atoms with Gasteiger partial charge in [0.05, 0.1) is 11.2 Å². The van der Waals surface area contributed by atoms with Gasteiger partial charge in [-0.05, 0) is 46.1 Å². The largest absolute Gasteiger partial charge is 0.312 e. The minimum absolute atomic E-state index is 0.216. The van der Waals surface area contributed by atoms with Crippen molar-refractivity contribution in [3.8, 4) is 0 Å². The van der Waals surface area contributed by atoms with E-state index in [1.807, 2.05) is 5.51 Å². The Morgan fingerprint density at radius 2 is 2.19 bits per heavy atom. The van der Waals surface area contributed by atoms with E-state index in [1.54, 1.807) is 11.3 Å². The van der Waals surface area contributed by atoms with E-state index in [0.717, 1.165) is 13.0 Å². The highest BCUT2D eigenvalue weighted by molar-refractivity contribution is 7.07. The van der Waals surface area contributed by atoms with Crippen molar-refractivity contribution in [1.29, 1.82) is 0 Å². The van der Waals surface area contributed by atoms with E-state index >= 15 is 0 Å². The average Bonchev–Trinajstić information content (AvgIpc) is 2.66. The van der Waals surface area contributed by atoms with Crippen LogP contribution >= 0.6 is 11.3 Å². The van der Waals surface area contributed by atoms with Crippen LogP contribution in [0.25, 0.3) is 0 Å². The third-order valence-electron chi connectivity index (χ3n) is 2.60. The highest BCUT2D eigenvalue weighted by Gasteiger charge is 2.14. The van der Waals surface area contributed by atoms with Gasteiger partial charge in [-0.25, -0.2) is 4.98 Å². The summed E-state index contributed by atoms with van der Waals surface area (Å²) in [7, 11) is 0. The van der Waals surface area contributed by atoms with Gasteiger partial charge < -0.3 is 5.32 Å². The molecular formula is C13H24N2S. The van der Waals surface area contributed by atoms with Crippen LogP contribution in [0.4, 0.5) is 0 Å². The fraction of sp³-hybridized carbons (Fsp3) is 0.769. The molecule has 1 rings (SSSR count). The van der Waals surface area contributed by atoms with Gasteiger partial charge in [-0.3, -0.25) is 0 Å². The Kier molecular flexibility index (Phi) is 5.42. The fourth-order valence-electron chi connectivity index (χ4n) is 1.77. The lowest BCUT2D eigenvalue weighted by Crippen LogP contribution is -2.39. The van der Waals surface area contributed by atoms with E-state index in [-0.39, 0.29) is 5.54 Å². The predicted octanol–water partition coefficient (Wildman–Crippen LogP) is 3.49. The lowest BCUT2D eigenvalue weighted by atomic mass is 9.97. The van der Waals surface area contributed by atoms with Gasteiger partial charge in [0.2, 0.25) is 0 Å². The summed E-state index contributed by atoms with van der Waals surface area (Å²) < 4.78 is 0. The lowest BCUT2D eigenvalue weighted by Gasteiger charge is -2.24. The molecule has 1 unspecified atom stereocenters. The number of hydrogen-bond acceptors (Lipinski definition) is 3. The molecule has 0 aliphatic rings. The highest BCUT2D eigenvalue weighted by atomic mass is 32.1. The van der Waals surface area contributed by atoms with E-state index < -0.39 is 0 Å². The molecule has 92 valence electrons. The molecule has 0 amide bonds. The van der Waals surface area contributed by atoms with Gasteiger partial charge >= 0.3 is 0 Å². The van der Waals surface area contributed by atoms with Crippen LogP contribution in [0.15, 0.2) is 10.9 Å². The fourth-order valence-corrected chi connectivity index (χ4v) is 2.34. The molecule has 1 aromatic rings. The van der Waals surface area contributed by atoms with E-state index in [2.05, 4.69) is 43.4 Å². The second-order valence-corrected chi connectivity index (χ2v) is 6.19. The van der Waals surface area contributed by atoms with Crippen LogP contribution in [0.3, 0.4) is 0 Å². The highest BCUT2D eigenvalue weighted by Crippen LogP contribution is 2.14. The Balaban J connectivity index is 2.41. The first-order valence-corrected chi connectivity index (χ1v) is 7.07. The van der Waals surface area contributed by atoms with Gasteiger partial charge in [0.15, 0.2) is 0 Å². The van der Waals surface area contributed by atoms with Crippen LogP contribution in [0.2, 0.25) is 0 Å². The number of hydrogen-bond donors (Lipinski definition) is 1. The van der Waals surface area contributed by atoms with Gasteiger partial charge in [-0.1, -0.05) is 13.3 Å². The summed E-state index contributed by atoms with van der Waals surface area (Å²) in [5, 5.41) is 5.76. The maximum absolute atomic E-state index is 4.37. The van der Waals surface area contributed by atoms with Crippen molar-refractivity contribution in [2.24, 2.45) is 5.92 Å². The molecule has 0 saturated carbocycles. The van der Waals surface area contributed by atoms with Crippen molar-refractivity contribution in [2.45, 2.75) is 52.5 Å². The van der Waals surface area contributed by atoms with Gasteiger partial charge in [0.25, 0.3) is 0 Å². The van der Waals surface area contributed by atoms with Gasteiger partial charge in [-0.2, -0.15) is 0 Å². The van der Waals surface area contributed by atoms with Gasteiger partial charge in [0.1, 0.15) is 0 Å². The van der Waals surface area contributed by atoms with E-state index in [1.165, 1.54) is 18.5 Å². The van der Waals surface area contributed by atoms with Crippen molar-refractivity contribution in [3.63, 3.8) is 0 Å². The molecule has 16 heavy (non-hydrogen) atoms. The van der Waals surface area contributed by atoms with Crippen molar-refractivity contribution >= 4 is 11.3 Å². The number of aromatic nitrogens is 1. The summed E-state index contributed by atoms with van der Waals surface area (Å²) in [6.45, 7) is 10.0. The predicted molar refractivity (Wildman–Crippen MR) is 72.0 cm³/mol. The molecular weight excluding hydrogens is 216 g/mol. The van der Waals surface area contributed by atoms with Gasteiger partial charge in [0, 0.05) is 10.9 Å². The average molecular weight is 240 g/mol. The van der Waals surface area contributed by atoms with Crippen molar-refractivity contribution < 1.29 is 0 Å². The number of rotatable bonds is 6. The molecule has 0 aromatic carbocycles. The molecule has 2 nitrogen and oxygen atoms in total. The topological polar surface area (TPSA) is 24.9 Å². The Morgan fingerprint density at radius 3 is 2.69 bits per heavy atom. The molecule has 0 fully saturated rings. The molecule has 0 saturated heterocycles. The summed E-state index contributed by atoms with van der Waals surface area (Å²) in [4.78, 5) is 4.37. The minimum Gasteiger partial charge on any atom is -0.312 e. The third kappa shape index (κ3) is 5.61. The van der Waals surface area contributed by atoms with E-state index in [4.69, 9.17) is 0 Å². The third-order valence-corrected chi connectivity index (χ3v) is 3.23. The molecule has 1 N–H and O–H groups in total. The van der Waals surface area contributed by atoms with Gasteiger partial charge in [-0.15, -0.1) is 11.3 Å². The van der Waals surface area contributed by atoms with Crippen LogP contribution in [0.5, 0.6) is 0 Å². The van der Waals surface area contributed by atoms with E-state index in [9.17, 15) is 0 Å². The first-order valence-electron chi connectivity index (χ1n) is 6.13. The first kappa shape index (κ1) is 13.7. The normalized spacial score (nSPS) is 14.0. The Bertz CT molecular complexity index is 275. The Morgan fingerprint density at radius 1 is 1.44 bits per heavy atom. The molecule has 0 radical (unpaired) electrons. The molecule has 0 spiro atoms. The van der Waals surface area contributed by atoms with Crippen LogP contribution < -0.4 is 5.32 Å². The second kappa shape index (κ2) is 6.36. The zero-order valence-electron chi connectivity index (χ0n) is 10.9. The van der Waals surface area contributed by atoms with Crippen LogP contribution in [0, 0.1) is 5.92 Å². The Hall–Kier alpha value is -0.410. The second-order valence-electron chi connectivity index (χ2n) is 5.47. The molecule has 0 aliphatic carbocycles. The first-order chi connectivity index (χ1) is 7.51. The quantitative estimate of drug-likeness (QED) is 0.823. The van der Waals surface area contributed by atoms with Crippen LogP contribution in [0.1, 0.15) is 46.2 Å². The summed E-state index contributed by atoms with van der Waals surface area (Å²) in [5.74, 6) is 0.714. The Labute approximate surface area is 103 Å². The maximum Gasteiger partial charge on any atom is 0.0794 e. The standard InChI is InChI=1S/C13H24N2S/c1-5-6-11(8-15-13(2,3)4)7-12-9-16-10-14-12/h9-11,15H,5-8H2,1-4H3. The minimum atomic E-state index is 0.216. The molecule has 0 bridgehead atoms. The summed E-state index contributed by atoms with van der Waals surface area (Å²) in [6, 6.07) is 0. The maximum atomic E-state index is 4.37. The smallest absolute Gasteiger partial charge is 0.0794 e. The summed E-state index contributed by atoms with van der Waals surface area (Å²) in [5.41, 5.74) is 3.39. The zero-order chi connectivity index (χ0) is 12.0. The van der Waals surface area contributed by atoms with Crippen molar-refractivity contribution in [2.75, 3.05) is 6.54 Å². The molecule has 1 heterocycles. The molecule has 1 atom stereocenters. The van der Waals surface area contributed by atoms with Crippen LogP contribution in [-0.2, 0) is 6.42 Å². The number of thiazole rings is 1. The SMILES string of the molecule is CCCC(CNC(C)(C)C)Cc1cscn1. The zero-order valence-corrected chi connectivity index (χ0v) is 11.7. The monoisotopic (exact) mass is 240 g/mol. The van der Waals surface area contributed by atoms with Crippen LogP contribution in [-0.4, -0.2) is 17.1 Å². The number of nitrogens with zero attached hydrogens (tertiary/aromatic N) is 1. The van der Waals surface area contributed by atoms with Crippen molar-refractivity contribution in [3.05, 3.63) is 16.6 Å². The van der Waals surface area contributed by atoms with Crippen molar-refractivity contribution in [1.82, 2.24) is 10.3 Å². The lowest BCUT2D eigenvalue weighted by molar-refractivity contribution is 0.353. The molecule has 1 aromatic heterocycles. The number of nitrogens with one attached hydrogen (secondary N) is 1. The summed E-state index contributed by atoms with van der Waals surface area (Å²) in [6.07, 6.45) is 3.64. The summed E-state index contributed by atoms with van der Waals surface area (Å²) >= 11 is 1.69. The molecule has 0 aliphatic heterocycles. The van der Waals surface area contributed by atoms with E-state index in [0.29, 0.717) is 5.92 Å².